The number of carbonyl (C=O) groups is 1. The monoisotopic (exact) mass is 459 g/mol. The van der Waals surface area contributed by atoms with Crippen LogP contribution in [0.1, 0.15) is 25.8 Å². The Morgan fingerprint density at radius 2 is 2.09 bits per heavy atom. The van der Waals surface area contributed by atoms with E-state index in [0.29, 0.717) is 41.1 Å². The number of methoxy groups -OCH3 is 1. The molecule has 9 heteroatoms. The molecular formula is C23H27ClFN5O2. The van der Waals surface area contributed by atoms with Crippen molar-refractivity contribution in [1.29, 1.82) is 0 Å². The lowest BCUT2D eigenvalue weighted by Gasteiger charge is -2.34. The largest absolute Gasteiger partial charge is 0.496 e. The molecule has 0 spiro atoms. The summed E-state index contributed by atoms with van der Waals surface area (Å²) in [6, 6.07) is 3.71. The molecule has 1 aliphatic carbocycles. The Kier molecular flexibility index (Phi) is 7.16. The number of benzene rings is 1. The lowest BCUT2D eigenvalue weighted by molar-refractivity contribution is -0.130. The predicted octanol–water partition coefficient (Wildman–Crippen LogP) is 4.27. The van der Waals surface area contributed by atoms with Crippen LogP contribution < -0.4 is 15.4 Å². The highest BCUT2D eigenvalue weighted by Gasteiger charge is 2.32. The molecule has 0 unspecified atom stereocenters. The Bertz CT molecular complexity index is 1130. The zero-order valence-electron chi connectivity index (χ0n) is 18.8. The van der Waals surface area contributed by atoms with Crippen LogP contribution in [-0.2, 0) is 11.3 Å². The number of hydrogen-bond acceptors (Lipinski definition) is 6. The summed E-state index contributed by atoms with van der Waals surface area (Å²) in [5, 5.41) is 6.50. The van der Waals surface area contributed by atoms with E-state index in [1.54, 1.807) is 20.2 Å². The molecule has 0 bridgehead atoms. The van der Waals surface area contributed by atoms with Gasteiger partial charge in [-0.1, -0.05) is 23.8 Å². The molecule has 1 aromatic heterocycles. The molecule has 7 nitrogen and oxygen atoms in total. The number of halogens is 2. The summed E-state index contributed by atoms with van der Waals surface area (Å²) in [5.74, 6) is 0.468. The average molecular weight is 460 g/mol. The Morgan fingerprint density at radius 1 is 1.34 bits per heavy atom. The van der Waals surface area contributed by atoms with E-state index in [4.69, 9.17) is 16.3 Å². The van der Waals surface area contributed by atoms with Crippen molar-refractivity contribution in [3.05, 3.63) is 58.8 Å². The molecule has 1 aliphatic rings. The zero-order valence-corrected chi connectivity index (χ0v) is 19.5. The SMILES string of the molecule is CNC(=O)C(C)(C)N(C)Cc1cc2c(NC3=C(F)C(Cl)=CC=CC3)ncnc2cc1OC. The molecule has 1 amide bonds. The van der Waals surface area contributed by atoms with E-state index in [-0.39, 0.29) is 10.9 Å². The third kappa shape index (κ3) is 4.76. The third-order valence-electron chi connectivity index (χ3n) is 5.63. The average Bonchev–Trinajstić information content (AvgIpc) is 2.94. The Hall–Kier alpha value is -2.97. The smallest absolute Gasteiger partial charge is 0.239 e. The van der Waals surface area contributed by atoms with Crippen LogP contribution in [0.25, 0.3) is 10.9 Å². The van der Waals surface area contributed by atoms with Crippen molar-refractivity contribution >= 4 is 34.2 Å². The number of nitrogens with one attached hydrogen (secondary N) is 2. The molecule has 0 atom stereocenters. The van der Waals surface area contributed by atoms with Gasteiger partial charge in [0.25, 0.3) is 0 Å². The van der Waals surface area contributed by atoms with Gasteiger partial charge in [0.05, 0.1) is 28.9 Å². The molecule has 0 saturated carbocycles. The molecule has 1 heterocycles. The minimum Gasteiger partial charge on any atom is -0.496 e. The molecule has 32 heavy (non-hydrogen) atoms. The highest BCUT2D eigenvalue weighted by Crippen LogP contribution is 2.32. The van der Waals surface area contributed by atoms with Crippen molar-refractivity contribution in [2.45, 2.75) is 32.4 Å². The van der Waals surface area contributed by atoms with Crippen LogP contribution in [0.3, 0.4) is 0 Å². The first kappa shape index (κ1) is 23.7. The number of carbonyl (C=O) groups excluding carboxylic acids is 1. The van der Waals surface area contributed by atoms with Crippen molar-refractivity contribution in [3.63, 3.8) is 0 Å². The first-order valence-corrected chi connectivity index (χ1v) is 10.5. The minimum atomic E-state index is -0.743. The topological polar surface area (TPSA) is 79.4 Å². The fourth-order valence-electron chi connectivity index (χ4n) is 3.37. The second kappa shape index (κ2) is 9.67. The normalized spacial score (nSPS) is 14.4. The van der Waals surface area contributed by atoms with Gasteiger partial charge >= 0.3 is 0 Å². The molecule has 0 saturated heterocycles. The number of allylic oxidation sites excluding steroid dienone is 5. The zero-order chi connectivity index (χ0) is 23.5. The fourth-order valence-corrected chi connectivity index (χ4v) is 3.56. The van der Waals surface area contributed by atoms with Crippen molar-refractivity contribution in [3.8, 4) is 5.75 Å². The summed E-state index contributed by atoms with van der Waals surface area (Å²) in [5.41, 5.74) is 1.05. The van der Waals surface area contributed by atoms with E-state index in [0.717, 1.165) is 5.56 Å². The number of hydrogen-bond donors (Lipinski definition) is 2. The molecule has 2 aromatic rings. The Morgan fingerprint density at radius 3 is 2.78 bits per heavy atom. The van der Waals surface area contributed by atoms with Crippen molar-refractivity contribution in [1.82, 2.24) is 20.2 Å². The number of anilines is 1. The maximum absolute atomic E-state index is 14.7. The first-order valence-electron chi connectivity index (χ1n) is 10.1. The van der Waals surface area contributed by atoms with Crippen LogP contribution >= 0.6 is 11.6 Å². The number of ether oxygens (including phenoxy) is 1. The van der Waals surface area contributed by atoms with Crippen LogP contribution in [0.4, 0.5) is 10.2 Å². The van der Waals surface area contributed by atoms with Crippen molar-refractivity contribution < 1.29 is 13.9 Å². The van der Waals surface area contributed by atoms with E-state index in [1.807, 2.05) is 44.0 Å². The molecular weight excluding hydrogens is 433 g/mol. The predicted molar refractivity (Wildman–Crippen MR) is 125 cm³/mol. The summed E-state index contributed by atoms with van der Waals surface area (Å²) < 4.78 is 20.2. The van der Waals surface area contributed by atoms with E-state index in [2.05, 4.69) is 20.6 Å². The molecule has 1 aromatic carbocycles. The summed E-state index contributed by atoms with van der Waals surface area (Å²) in [6.07, 6.45) is 6.78. The van der Waals surface area contributed by atoms with Gasteiger partial charge < -0.3 is 15.4 Å². The van der Waals surface area contributed by atoms with Gasteiger partial charge in [-0.15, -0.1) is 0 Å². The molecule has 0 fully saturated rings. The summed E-state index contributed by atoms with van der Waals surface area (Å²) in [6.45, 7) is 4.13. The van der Waals surface area contributed by atoms with Crippen molar-refractivity contribution in [2.24, 2.45) is 0 Å². The first-order chi connectivity index (χ1) is 15.2. The van der Waals surface area contributed by atoms with Gasteiger partial charge in [-0.05, 0) is 33.0 Å². The fraction of sp³-hybridized carbons (Fsp3) is 0.348. The van der Waals surface area contributed by atoms with E-state index < -0.39 is 11.4 Å². The van der Waals surface area contributed by atoms with Crippen molar-refractivity contribution in [2.75, 3.05) is 26.5 Å². The third-order valence-corrected chi connectivity index (χ3v) is 5.92. The summed E-state index contributed by atoms with van der Waals surface area (Å²) >= 11 is 6.00. The highest BCUT2D eigenvalue weighted by molar-refractivity contribution is 6.32. The van der Waals surface area contributed by atoms with Gasteiger partial charge in [0, 0.05) is 37.0 Å². The van der Waals surface area contributed by atoms with Crippen LogP contribution in [0, 0.1) is 0 Å². The van der Waals surface area contributed by atoms with Gasteiger partial charge in [0.2, 0.25) is 5.91 Å². The lowest BCUT2D eigenvalue weighted by atomic mass is 10.0. The highest BCUT2D eigenvalue weighted by atomic mass is 35.5. The number of fused-ring (bicyclic) bond motifs is 1. The minimum absolute atomic E-state index is 0.0278. The number of rotatable bonds is 7. The van der Waals surface area contributed by atoms with E-state index in [9.17, 15) is 9.18 Å². The molecule has 0 radical (unpaired) electrons. The molecule has 3 rings (SSSR count). The summed E-state index contributed by atoms with van der Waals surface area (Å²) in [7, 11) is 5.06. The number of aromatic nitrogens is 2. The Labute approximate surface area is 192 Å². The van der Waals surface area contributed by atoms with Crippen LogP contribution in [-0.4, -0.2) is 47.5 Å². The molecule has 170 valence electrons. The quantitative estimate of drug-likeness (QED) is 0.643. The summed E-state index contributed by atoms with van der Waals surface area (Å²) in [4.78, 5) is 22.9. The lowest BCUT2D eigenvalue weighted by Crippen LogP contribution is -2.52. The number of amides is 1. The van der Waals surface area contributed by atoms with Crippen LogP contribution in [0.2, 0.25) is 0 Å². The molecule has 2 N–H and O–H groups in total. The molecule has 0 aliphatic heterocycles. The van der Waals surface area contributed by atoms with Gasteiger partial charge in [0.1, 0.15) is 17.9 Å². The maximum atomic E-state index is 14.7. The van der Waals surface area contributed by atoms with Gasteiger partial charge in [-0.2, -0.15) is 0 Å². The van der Waals surface area contributed by atoms with E-state index in [1.165, 1.54) is 12.4 Å². The van der Waals surface area contributed by atoms with Gasteiger partial charge in [-0.25, -0.2) is 14.4 Å². The number of likely N-dealkylation sites (N-methyl/N-ethyl adjacent to an activating group) is 2. The van der Waals surface area contributed by atoms with E-state index >= 15 is 0 Å². The second-order valence-electron chi connectivity index (χ2n) is 7.96. The van der Waals surface area contributed by atoms with Gasteiger partial charge in [0.15, 0.2) is 5.83 Å². The van der Waals surface area contributed by atoms with Gasteiger partial charge in [-0.3, -0.25) is 9.69 Å². The van der Waals surface area contributed by atoms with Crippen LogP contribution in [0.15, 0.2) is 53.2 Å². The maximum Gasteiger partial charge on any atom is 0.239 e. The van der Waals surface area contributed by atoms with Crippen LogP contribution in [0.5, 0.6) is 5.75 Å². The number of nitrogens with zero attached hydrogens (tertiary/aromatic N) is 3. The standard InChI is InChI=1S/C23H27ClFN5O2/c1-23(2,22(31)26-3)30(4)12-14-10-15-18(11-19(14)32-5)27-13-28-21(15)29-17-9-7-6-8-16(24)20(17)25/h6-8,10-11,13H,9,12H2,1-5H3,(H,26,31)(H,27,28,29). The Balaban J connectivity index is 2.03. The second-order valence-corrected chi connectivity index (χ2v) is 8.37.